The van der Waals surface area contributed by atoms with E-state index in [0.717, 1.165) is 23.7 Å². The van der Waals surface area contributed by atoms with Crippen molar-refractivity contribution >= 4 is 22.0 Å². The molecule has 1 atom stereocenters. The van der Waals surface area contributed by atoms with Crippen LogP contribution in [0.5, 0.6) is 0 Å². The van der Waals surface area contributed by atoms with Gasteiger partial charge in [0.1, 0.15) is 0 Å². The van der Waals surface area contributed by atoms with Crippen LogP contribution in [0.3, 0.4) is 0 Å². The van der Waals surface area contributed by atoms with E-state index in [1.165, 1.54) is 5.56 Å². The van der Waals surface area contributed by atoms with E-state index < -0.39 is 0 Å². The molecule has 0 aliphatic carbocycles. The summed E-state index contributed by atoms with van der Waals surface area (Å²) in [5.74, 6) is 0. The standard InChI is InChI=1S/C15H23BrN2O2/c1-12(5-4-10-19)18-15(20)17-9-3-7-13-6-2-8-14(16)11-13/h2,6,8,11-12,19H,3-5,7,9-10H2,1H3,(H2,17,18,20). The number of urea groups is 1. The van der Waals surface area contributed by atoms with Gasteiger partial charge in [-0.25, -0.2) is 4.79 Å². The van der Waals surface area contributed by atoms with Crippen molar-refractivity contribution < 1.29 is 9.90 Å². The largest absolute Gasteiger partial charge is 0.396 e. The Morgan fingerprint density at radius 2 is 2.20 bits per heavy atom. The fourth-order valence-corrected chi connectivity index (χ4v) is 2.38. The van der Waals surface area contributed by atoms with Gasteiger partial charge in [-0.15, -0.1) is 0 Å². The number of halogens is 1. The fourth-order valence-electron chi connectivity index (χ4n) is 1.93. The van der Waals surface area contributed by atoms with Crippen LogP contribution in [0.2, 0.25) is 0 Å². The second-order valence-corrected chi connectivity index (χ2v) is 5.82. The fraction of sp³-hybridized carbons (Fsp3) is 0.533. The zero-order valence-electron chi connectivity index (χ0n) is 11.9. The second-order valence-electron chi connectivity index (χ2n) is 4.90. The molecule has 0 saturated carbocycles. The number of hydrogen-bond acceptors (Lipinski definition) is 2. The predicted octanol–water partition coefficient (Wildman–Crippen LogP) is 2.84. The molecule has 5 heteroatoms. The highest BCUT2D eigenvalue weighted by molar-refractivity contribution is 9.10. The third kappa shape index (κ3) is 7.50. The van der Waals surface area contributed by atoms with Gasteiger partial charge in [-0.1, -0.05) is 28.1 Å². The maximum absolute atomic E-state index is 11.6. The average molecular weight is 343 g/mol. The van der Waals surface area contributed by atoms with E-state index in [4.69, 9.17) is 5.11 Å². The van der Waals surface area contributed by atoms with E-state index >= 15 is 0 Å². The number of benzene rings is 1. The molecular formula is C15H23BrN2O2. The summed E-state index contributed by atoms with van der Waals surface area (Å²) in [5.41, 5.74) is 1.26. The molecule has 112 valence electrons. The zero-order valence-corrected chi connectivity index (χ0v) is 13.4. The zero-order chi connectivity index (χ0) is 14.8. The van der Waals surface area contributed by atoms with Gasteiger partial charge in [-0.05, 0) is 50.3 Å². The van der Waals surface area contributed by atoms with Gasteiger partial charge in [-0.3, -0.25) is 0 Å². The lowest BCUT2D eigenvalue weighted by Crippen LogP contribution is -2.41. The quantitative estimate of drug-likeness (QED) is 0.636. The molecule has 1 aromatic rings. The molecule has 0 aromatic heterocycles. The second kappa shape index (κ2) is 9.77. The minimum absolute atomic E-state index is 0.0900. The molecule has 1 aromatic carbocycles. The Bertz CT molecular complexity index is 413. The third-order valence-electron chi connectivity index (χ3n) is 2.99. The van der Waals surface area contributed by atoms with Crippen molar-refractivity contribution in [2.24, 2.45) is 0 Å². The maximum atomic E-state index is 11.6. The van der Waals surface area contributed by atoms with E-state index in [9.17, 15) is 4.79 Å². The number of nitrogens with one attached hydrogen (secondary N) is 2. The highest BCUT2D eigenvalue weighted by Crippen LogP contribution is 2.12. The summed E-state index contributed by atoms with van der Waals surface area (Å²) >= 11 is 3.44. The summed E-state index contributed by atoms with van der Waals surface area (Å²) in [5, 5.41) is 14.4. The number of carbonyl (C=O) groups is 1. The van der Waals surface area contributed by atoms with E-state index in [-0.39, 0.29) is 18.7 Å². The Morgan fingerprint density at radius 1 is 1.40 bits per heavy atom. The lowest BCUT2D eigenvalue weighted by atomic mass is 10.1. The van der Waals surface area contributed by atoms with Gasteiger partial charge in [0.15, 0.2) is 0 Å². The van der Waals surface area contributed by atoms with Gasteiger partial charge in [0.2, 0.25) is 0 Å². The monoisotopic (exact) mass is 342 g/mol. The van der Waals surface area contributed by atoms with Gasteiger partial charge < -0.3 is 15.7 Å². The molecule has 0 aliphatic heterocycles. The summed E-state index contributed by atoms with van der Waals surface area (Å²) < 4.78 is 1.08. The first-order chi connectivity index (χ1) is 9.61. The van der Waals surface area contributed by atoms with Crippen molar-refractivity contribution in [2.75, 3.05) is 13.2 Å². The first kappa shape index (κ1) is 17.0. The van der Waals surface area contributed by atoms with Crippen LogP contribution in [0.25, 0.3) is 0 Å². The van der Waals surface area contributed by atoms with E-state index in [2.05, 4.69) is 38.7 Å². The van der Waals surface area contributed by atoms with Gasteiger partial charge in [0, 0.05) is 23.7 Å². The molecule has 4 nitrogen and oxygen atoms in total. The Kier molecular flexibility index (Phi) is 8.30. The Morgan fingerprint density at radius 3 is 2.90 bits per heavy atom. The average Bonchev–Trinajstić information content (AvgIpc) is 2.41. The smallest absolute Gasteiger partial charge is 0.314 e. The molecule has 1 rings (SSSR count). The van der Waals surface area contributed by atoms with Gasteiger partial charge >= 0.3 is 6.03 Å². The van der Waals surface area contributed by atoms with Crippen molar-refractivity contribution in [3.8, 4) is 0 Å². The van der Waals surface area contributed by atoms with Crippen LogP contribution in [-0.4, -0.2) is 30.3 Å². The van der Waals surface area contributed by atoms with E-state index in [1.807, 2.05) is 19.1 Å². The number of aliphatic hydroxyl groups excluding tert-OH is 1. The molecule has 0 spiro atoms. The number of rotatable bonds is 8. The molecule has 1 unspecified atom stereocenters. The summed E-state index contributed by atoms with van der Waals surface area (Å²) in [4.78, 5) is 11.6. The van der Waals surface area contributed by atoms with Crippen LogP contribution in [0.4, 0.5) is 4.79 Å². The Hall–Kier alpha value is -1.07. The van der Waals surface area contributed by atoms with Crippen LogP contribution < -0.4 is 10.6 Å². The van der Waals surface area contributed by atoms with Crippen molar-refractivity contribution in [3.63, 3.8) is 0 Å². The van der Waals surface area contributed by atoms with E-state index in [1.54, 1.807) is 0 Å². The first-order valence-electron chi connectivity index (χ1n) is 7.01. The Labute approximate surface area is 129 Å². The molecule has 20 heavy (non-hydrogen) atoms. The molecular weight excluding hydrogens is 320 g/mol. The normalized spacial score (nSPS) is 11.9. The summed E-state index contributed by atoms with van der Waals surface area (Å²) in [6, 6.07) is 8.15. The Balaban J connectivity index is 2.13. The van der Waals surface area contributed by atoms with Crippen LogP contribution >= 0.6 is 15.9 Å². The highest BCUT2D eigenvalue weighted by atomic mass is 79.9. The van der Waals surface area contributed by atoms with Crippen LogP contribution in [0.1, 0.15) is 31.7 Å². The minimum Gasteiger partial charge on any atom is -0.396 e. The highest BCUT2D eigenvalue weighted by Gasteiger charge is 2.05. The van der Waals surface area contributed by atoms with Crippen molar-refractivity contribution in [1.82, 2.24) is 10.6 Å². The number of carbonyl (C=O) groups excluding carboxylic acids is 1. The molecule has 2 amide bonds. The SMILES string of the molecule is CC(CCCO)NC(=O)NCCCc1cccc(Br)c1. The predicted molar refractivity (Wildman–Crippen MR) is 84.8 cm³/mol. The van der Waals surface area contributed by atoms with Gasteiger partial charge in [0.25, 0.3) is 0 Å². The topological polar surface area (TPSA) is 61.4 Å². The van der Waals surface area contributed by atoms with Gasteiger partial charge in [0.05, 0.1) is 0 Å². The van der Waals surface area contributed by atoms with Crippen molar-refractivity contribution in [2.45, 2.75) is 38.6 Å². The number of amides is 2. The molecule has 0 bridgehead atoms. The van der Waals surface area contributed by atoms with Crippen LogP contribution in [0.15, 0.2) is 28.7 Å². The molecule has 0 fully saturated rings. The van der Waals surface area contributed by atoms with Crippen LogP contribution in [0, 0.1) is 0 Å². The third-order valence-corrected chi connectivity index (χ3v) is 3.48. The number of aryl methyl sites for hydroxylation is 1. The van der Waals surface area contributed by atoms with Gasteiger partial charge in [-0.2, -0.15) is 0 Å². The molecule has 0 aliphatic rings. The van der Waals surface area contributed by atoms with E-state index in [0.29, 0.717) is 13.0 Å². The lowest BCUT2D eigenvalue weighted by Gasteiger charge is -2.14. The first-order valence-corrected chi connectivity index (χ1v) is 7.81. The molecule has 0 radical (unpaired) electrons. The molecule has 0 heterocycles. The van der Waals surface area contributed by atoms with Crippen molar-refractivity contribution in [3.05, 3.63) is 34.3 Å². The molecule has 3 N–H and O–H groups in total. The summed E-state index contributed by atoms with van der Waals surface area (Å²) in [6.45, 7) is 2.77. The summed E-state index contributed by atoms with van der Waals surface area (Å²) in [7, 11) is 0. The number of aliphatic hydroxyl groups is 1. The number of hydrogen-bond donors (Lipinski definition) is 3. The molecule has 0 saturated heterocycles. The summed E-state index contributed by atoms with van der Waals surface area (Å²) in [6.07, 6.45) is 3.36. The maximum Gasteiger partial charge on any atom is 0.314 e. The van der Waals surface area contributed by atoms with Crippen molar-refractivity contribution in [1.29, 1.82) is 0 Å². The lowest BCUT2D eigenvalue weighted by molar-refractivity contribution is 0.234. The minimum atomic E-state index is -0.135. The van der Waals surface area contributed by atoms with Crippen LogP contribution in [-0.2, 0) is 6.42 Å².